The van der Waals surface area contributed by atoms with Crippen molar-refractivity contribution in [3.8, 4) is 28.5 Å². The molecule has 2 aromatic carbocycles. The molecule has 0 radical (unpaired) electrons. The maximum absolute atomic E-state index is 12.9. The summed E-state index contributed by atoms with van der Waals surface area (Å²) in [5.41, 5.74) is 0.724. The average Bonchev–Trinajstić information content (AvgIpc) is 2.83. The third kappa shape index (κ3) is 4.75. The van der Waals surface area contributed by atoms with Gasteiger partial charge in [-0.2, -0.15) is 4.31 Å². The molecule has 0 atom stereocenters. The van der Waals surface area contributed by atoms with Crippen LogP contribution in [-0.2, 0) is 10.0 Å². The summed E-state index contributed by atoms with van der Waals surface area (Å²) in [4.78, 5) is 1.96. The summed E-state index contributed by atoms with van der Waals surface area (Å²) >= 11 is 0. The van der Waals surface area contributed by atoms with Gasteiger partial charge in [0.15, 0.2) is 0 Å². The van der Waals surface area contributed by atoms with E-state index in [0.29, 0.717) is 11.1 Å². The van der Waals surface area contributed by atoms with Gasteiger partial charge in [-0.05, 0) is 54.1 Å². The minimum absolute atomic E-state index is 0.0576. The second-order valence-corrected chi connectivity index (χ2v) is 11.7. The molecule has 4 rings (SSSR count). The smallest absolute Gasteiger partial charge is 0.310 e. The third-order valence-corrected chi connectivity index (χ3v) is 7.90. The Hall–Kier alpha value is -2.90. The van der Waals surface area contributed by atoms with E-state index in [1.807, 2.05) is 0 Å². The predicted octanol–water partition coefficient (Wildman–Crippen LogP) is 6.21. The van der Waals surface area contributed by atoms with Crippen LogP contribution in [0.15, 0.2) is 70.6 Å². The van der Waals surface area contributed by atoms with Crippen molar-refractivity contribution >= 4 is 20.2 Å². The Bertz CT molecular complexity index is 1330. The van der Waals surface area contributed by atoms with E-state index in [9.17, 15) is 27.8 Å². The lowest BCUT2D eigenvalue weighted by atomic mass is 10.1. The molecule has 0 unspecified atom stereocenters. The van der Waals surface area contributed by atoms with Crippen molar-refractivity contribution in [1.82, 2.24) is 9.29 Å². The molecular weight excluding hydrogens is 491 g/mol. The lowest BCUT2D eigenvalue weighted by Gasteiger charge is -2.40. The number of rotatable bonds is 4. The number of ether oxygens (including phenoxy) is 2. The molecular formula is C20H17F5N2O4S2. The molecule has 2 heterocycles. The van der Waals surface area contributed by atoms with Crippen LogP contribution in [0.25, 0.3) is 11.1 Å². The molecule has 0 saturated carbocycles. The van der Waals surface area contributed by atoms with Gasteiger partial charge in [-0.25, -0.2) is 13.4 Å². The highest BCUT2D eigenvalue weighted by atomic mass is 32.5. The second-order valence-electron chi connectivity index (χ2n) is 7.24. The Balaban J connectivity index is 1.72. The first-order valence-corrected chi connectivity index (χ1v) is 12.7. The quantitative estimate of drug-likeness (QED) is 0.392. The normalized spacial score (nSPS) is 18.2. The molecule has 0 aliphatic carbocycles. The molecule has 1 aliphatic rings. The Morgan fingerprint density at radius 3 is 2.39 bits per heavy atom. The molecule has 0 bridgehead atoms. The van der Waals surface area contributed by atoms with Crippen LogP contribution >= 0.6 is 10.2 Å². The van der Waals surface area contributed by atoms with Crippen molar-refractivity contribution in [3.63, 3.8) is 0 Å². The van der Waals surface area contributed by atoms with Crippen LogP contribution in [0.3, 0.4) is 0 Å². The van der Waals surface area contributed by atoms with Gasteiger partial charge in [-0.1, -0.05) is 25.5 Å². The molecule has 0 amide bonds. The molecule has 13 heteroatoms. The Kier molecular flexibility index (Phi) is 4.97. The zero-order valence-corrected chi connectivity index (χ0v) is 18.6. The summed E-state index contributed by atoms with van der Waals surface area (Å²) in [5, 5.41) is 0. The summed E-state index contributed by atoms with van der Waals surface area (Å²) in [7, 11) is -12.2. The fraction of sp³-hybridized carbons (Fsp3) is 0.150. The topological polar surface area (TPSA) is 68.7 Å². The lowest BCUT2D eigenvalue weighted by molar-refractivity contribution is 0.293. The van der Waals surface area contributed by atoms with Gasteiger partial charge in [0.1, 0.15) is 27.9 Å². The molecule has 178 valence electrons. The minimum atomic E-state index is -9.80. The van der Waals surface area contributed by atoms with E-state index in [2.05, 4.69) is 4.98 Å². The summed E-state index contributed by atoms with van der Waals surface area (Å²) in [6.45, 7) is 0.348. The number of halogens is 5. The molecule has 33 heavy (non-hydrogen) atoms. The molecule has 3 aromatic rings. The molecule has 6 nitrogen and oxygen atoms in total. The van der Waals surface area contributed by atoms with Crippen molar-refractivity contribution in [3.05, 3.63) is 60.8 Å². The highest BCUT2D eigenvalue weighted by Gasteiger charge is 2.65. The van der Waals surface area contributed by atoms with Gasteiger partial charge in [0, 0.05) is 25.4 Å². The first-order chi connectivity index (χ1) is 15.1. The molecule has 0 fully saturated rings. The molecule has 1 aliphatic heterocycles. The van der Waals surface area contributed by atoms with Gasteiger partial charge in [0.05, 0.1) is 0 Å². The zero-order valence-electron chi connectivity index (χ0n) is 16.9. The number of fused-ring (bicyclic) bond motifs is 1. The Morgan fingerprint density at radius 1 is 1.03 bits per heavy atom. The van der Waals surface area contributed by atoms with Crippen molar-refractivity contribution in [2.45, 2.75) is 9.79 Å². The van der Waals surface area contributed by atoms with Gasteiger partial charge < -0.3 is 9.47 Å². The summed E-state index contributed by atoms with van der Waals surface area (Å²) in [5.74, 6) is -0.0372. The predicted molar refractivity (Wildman–Crippen MR) is 113 cm³/mol. The molecule has 0 spiro atoms. The van der Waals surface area contributed by atoms with E-state index < -0.39 is 25.1 Å². The van der Waals surface area contributed by atoms with E-state index >= 15 is 0 Å². The standard InChI is InChI=1S/C20H17F5N2O4S2/c1-27-11-12-30-18-9-4-14(13-19(18)32(27,28)29)17-3-2-10-26-20(17)31-15-5-7-16(8-6-15)33(21,22,23,24)25/h2-10,13H,11-12H2,1H3. The maximum atomic E-state index is 12.9. The molecule has 0 N–H and O–H groups in total. The van der Waals surface area contributed by atoms with Crippen LogP contribution in [0.1, 0.15) is 0 Å². The van der Waals surface area contributed by atoms with E-state index in [0.717, 1.165) is 16.4 Å². The largest absolute Gasteiger partial charge is 0.491 e. The molecule has 0 saturated heterocycles. The lowest BCUT2D eigenvalue weighted by Crippen LogP contribution is -2.28. The van der Waals surface area contributed by atoms with E-state index in [1.165, 1.54) is 25.4 Å². The first-order valence-electron chi connectivity index (χ1n) is 9.36. The van der Waals surface area contributed by atoms with Crippen LogP contribution in [-0.4, -0.2) is 37.9 Å². The zero-order chi connectivity index (χ0) is 24.1. The number of likely N-dealkylation sites (N-methyl/N-ethyl adjacent to an activating group) is 1. The van der Waals surface area contributed by atoms with Gasteiger partial charge in [-0.15, -0.1) is 0 Å². The highest BCUT2D eigenvalue weighted by molar-refractivity contribution is 8.45. The van der Waals surface area contributed by atoms with Crippen LogP contribution in [0.5, 0.6) is 17.4 Å². The van der Waals surface area contributed by atoms with Crippen molar-refractivity contribution in [2.75, 3.05) is 20.2 Å². The SMILES string of the molecule is CN1CCOc2ccc(-c3cccnc3Oc3ccc(S(F)(F)(F)(F)F)cc3)cc2S1(=O)=O. The number of hydrogen-bond acceptors (Lipinski definition) is 5. The summed E-state index contributed by atoms with van der Waals surface area (Å²) in [6.07, 6.45) is 1.36. The van der Waals surface area contributed by atoms with Crippen LogP contribution in [0.2, 0.25) is 0 Å². The minimum Gasteiger partial charge on any atom is -0.491 e. The fourth-order valence-corrected chi connectivity index (χ4v) is 5.10. The highest BCUT2D eigenvalue weighted by Crippen LogP contribution is 3.02. The number of hydrogen-bond donors (Lipinski definition) is 0. The molecule has 1 aromatic heterocycles. The van der Waals surface area contributed by atoms with Crippen LogP contribution < -0.4 is 9.47 Å². The van der Waals surface area contributed by atoms with Crippen molar-refractivity contribution < 1.29 is 37.3 Å². The van der Waals surface area contributed by atoms with Gasteiger partial charge >= 0.3 is 10.2 Å². The number of sulfonamides is 1. The van der Waals surface area contributed by atoms with Gasteiger partial charge in [-0.3, -0.25) is 0 Å². The van der Waals surface area contributed by atoms with Gasteiger partial charge in [0.25, 0.3) is 0 Å². The van der Waals surface area contributed by atoms with Crippen molar-refractivity contribution in [2.24, 2.45) is 0 Å². The van der Waals surface area contributed by atoms with Crippen LogP contribution in [0, 0.1) is 0 Å². The number of aromatic nitrogens is 1. The summed E-state index contributed by atoms with van der Waals surface area (Å²) in [6, 6.07) is 9.58. The van der Waals surface area contributed by atoms with Crippen molar-refractivity contribution in [1.29, 1.82) is 0 Å². The maximum Gasteiger partial charge on any atom is 0.310 e. The first kappa shape index (κ1) is 23.3. The van der Waals surface area contributed by atoms with E-state index in [-0.39, 0.29) is 47.6 Å². The number of benzene rings is 2. The second kappa shape index (κ2) is 7.05. The Labute approximate surface area is 186 Å². The fourth-order valence-electron chi connectivity index (χ4n) is 3.14. The monoisotopic (exact) mass is 508 g/mol. The third-order valence-electron chi connectivity index (χ3n) is 4.86. The number of pyridine rings is 1. The average molecular weight is 508 g/mol. The number of nitrogens with zero attached hydrogens (tertiary/aromatic N) is 2. The van der Waals surface area contributed by atoms with E-state index in [4.69, 9.17) is 9.47 Å². The van der Waals surface area contributed by atoms with Gasteiger partial charge in [0.2, 0.25) is 15.9 Å². The summed E-state index contributed by atoms with van der Waals surface area (Å²) < 4.78 is 102. The Morgan fingerprint density at radius 2 is 1.73 bits per heavy atom. The van der Waals surface area contributed by atoms with Crippen LogP contribution in [0.4, 0.5) is 19.4 Å². The van der Waals surface area contributed by atoms with E-state index in [1.54, 1.807) is 18.2 Å².